The monoisotopic (exact) mass is 669 g/mol. The number of hydrogen-bond donors (Lipinski definition) is 2. The topological polar surface area (TPSA) is 72.5 Å². The summed E-state index contributed by atoms with van der Waals surface area (Å²) in [5.41, 5.74) is 8.62. The fourth-order valence-electron chi connectivity index (χ4n) is 8.80. The van der Waals surface area contributed by atoms with Crippen LogP contribution in [-0.4, -0.2) is 31.3 Å². The Morgan fingerprint density at radius 2 is 1.49 bits per heavy atom. The van der Waals surface area contributed by atoms with Gasteiger partial charge in [-0.3, -0.25) is 4.79 Å². The highest BCUT2D eigenvalue weighted by molar-refractivity contribution is 7.99. The first kappa shape index (κ1) is 35.5. The van der Waals surface area contributed by atoms with Crippen molar-refractivity contribution in [2.45, 2.75) is 83.8 Å². The van der Waals surface area contributed by atoms with E-state index < -0.39 is 20.2 Å². The van der Waals surface area contributed by atoms with Crippen molar-refractivity contribution in [1.82, 2.24) is 0 Å². The van der Waals surface area contributed by atoms with E-state index in [1.807, 2.05) is 30.8 Å². The predicted molar refractivity (Wildman–Crippen MR) is 201 cm³/mol. The van der Waals surface area contributed by atoms with Crippen LogP contribution in [0, 0.1) is 41.4 Å². The van der Waals surface area contributed by atoms with Gasteiger partial charge in [0.1, 0.15) is 0 Å². The summed E-state index contributed by atoms with van der Waals surface area (Å²) < 4.78 is 7.79. The Labute approximate surface area is 288 Å². The van der Waals surface area contributed by atoms with Gasteiger partial charge in [-0.25, -0.2) is 0 Å². The van der Waals surface area contributed by atoms with Gasteiger partial charge < -0.3 is 15.3 Å². The molecule has 3 N–H and O–H groups in total. The molecule has 0 bridgehead atoms. The minimum Gasteiger partial charge on any atom is -0.481 e. The van der Waals surface area contributed by atoms with Gasteiger partial charge in [-0.2, -0.15) is 0 Å². The molecule has 0 aliphatic heterocycles. The fourth-order valence-corrected chi connectivity index (χ4v) is 14.9. The predicted octanol–water partition coefficient (Wildman–Crippen LogP) is 8.91. The van der Waals surface area contributed by atoms with Crippen LogP contribution in [0.5, 0.6) is 0 Å². The zero-order chi connectivity index (χ0) is 33.9. The third-order valence-corrected chi connectivity index (χ3v) is 17.5. The number of rotatable bonds is 11. The van der Waals surface area contributed by atoms with Crippen LogP contribution in [0.1, 0.15) is 67.7 Å². The van der Waals surface area contributed by atoms with Crippen molar-refractivity contribution in [3.8, 4) is 0 Å². The van der Waals surface area contributed by atoms with Gasteiger partial charge >= 0.3 is 5.97 Å². The van der Waals surface area contributed by atoms with E-state index in [9.17, 15) is 9.90 Å². The van der Waals surface area contributed by atoms with Crippen LogP contribution in [0.2, 0.25) is 5.04 Å². The smallest absolute Gasteiger partial charge is 0.306 e. The largest absolute Gasteiger partial charge is 0.481 e. The van der Waals surface area contributed by atoms with Gasteiger partial charge in [0.25, 0.3) is 8.32 Å². The third-order valence-electron chi connectivity index (χ3n) is 11.2. The zero-order valence-electron chi connectivity index (χ0n) is 29.4. The number of carbonyl (C=O) groups is 1. The third kappa shape index (κ3) is 7.45. The summed E-state index contributed by atoms with van der Waals surface area (Å²) in [6.45, 7) is 15.9. The van der Waals surface area contributed by atoms with Crippen molar-refractivity contribution in [3.05, 3.63) is 96.6 Å². The Balaban J connectivity index is 1.57. The van der Waals surface area contributed by atoms with Gasteiger partial charge in [0.15, 0.2) is 0 Å². The maximum Gasteiger partial charge on any atom is 0.306 e. The standard InChI is InChI=1S/C41H55NO3SSi/c1-27(2)37(26-46-39-21-15-14-20-38(39)42)35-23-28(3)22-34-33(29(4)40(43)44)24-30(25-36(34)35)45-47(41(5,6)7,31-16-10-8-11-17-31)32-18-12-9-13-19-32/h8-22,27,29-30,33-37H,23-26,42H2,1-7H3,(H,43,44)/t29-,30+,33-,34+,35+,36-,37+/m0/s1. The van der Waals surface area contributed by atoms with E-state index in [0.717, 1.165) is 35.6 Å². The number of nitrogens with two attached hydrogens (primary N) is 1. The van der Waals surface area contributed by atoms with Crippen molar-refractivity contribution in [2.24, 2.45) is 41.4 Å². The second kappa shape index (κ2) is 14.8. The summed E-state index contributed by atoms with van der Waals surface area (Å²) in [4.78, 5) is 13.8. The molecule has 252 valence electrons. The molecule has 0 heterocycles. The molecule has 4 nitrogen and oxygen atoms in total. The van der Waals surface area contributed by atoms with E-state index in [-0.39, 0.29) is 23.0 Å². The van der Waals surface area contributed by atoms with E-state index in [1.165, 1.54) is 15.9 Å². The van der Waals surface area contributed by atoms with Gasteiger partial charge in [-0.15, -0.1) is 11.8 Å². The highest BCUT2D eigenvalue weighted by atomic mass is 32.2. The summed E-state index contributed by atoms with van der Waals surface area (Å²) in [6.07, 6.45) is 5.18. The van der Waals surface area contributed by atoms with Gasteiger partial charge in [0.2, 0.25) is 0 Å². The Kier molecular flexibility index (Phi) is 11.1. The van der Waals surface area contributed by atoms with Crippen LogP contribution in [0.3, 0.4) is 0 Å². The highest BCUT2D eigenvalue weighted by Gasteiger charge is 2.54. The number of fused-ring (bicyclic) bond motifs is 1. The molecule has 0 radical (unpaired) electrons. The minimum atomic E-state index is -2.82. The first-order valence-electron chi connectivity index (χ1n) is 17.5. The lowest BCUT2D eigenvalue weighted by atomic mass is 9.56. The van der Waals surface area contributed by atoms with Crippen LogP contribution in [0.4, 0.5) is 5.69 Å². The van der Waals surface area contributed by atoms with E-state index in [1.54, 1.807) is 0 Å². The molecule has 2 aliphatic carbocycles. The Hall–Kier alpha value is -2.80. The van der Waals surface area contributed by atoms with Crippen molar-refractivity contribution >= 4 is 42.1 Å². The first-order valence-corrected chi connectivity index (χ1v) is 20.4. The lowest BCUT2D eigenvalue weighted by molar-refractivity contribution is -0.145. The second-order valence-corrected chi connectivity index (χ2v) is 20.9. The Morgan fingerprint density at radius 1 is 0.915 bits per heavy atom. The minimum absolute atomic E-state index is 0.0115. The zero-order valence-corrected chi connectivity index (χ0v) is 31.2. The first-order chi connectivity index (χ1) is 22.3. The molecular weight excluding hydrogens is 615 g/mol. The summed E-state index contributed by atoms with van der Waals surface area (Å²) in [5, 5.41) is 12.8. The quantitative estimate of drug-likeness (QED) is 0.0924. The molecule has 5 rings (SSSR count). The maximum absolute atomic E-state index is 12.7. The number of aliphatic carboxylic acids is 1. The lowest BCUT2D eigenvalue weighted by Crippen LogP contribution is -2.68. The number of allylic oxidation sites excluding steroid dienone is 2. The fraction of sp³-hybridized carbons (Fsp3) is 0.488. The van der Waals surface area contributed by atoms with Crippen molar-refractivity contribution in [1.29, 1.82) is 0 Å². The Morgan fingerprint density at radius 3 is 2.02 bits per heavy atom. The van der Waals surface area contributed by atoms with Crippen LogP contribution in [-0.2, 0) is 9.22 Å². The van der Waals surface area contributed by atoms with E-state index in [2.05, 4.69) is 120 Å². The average Bonchev–Trinajstić information content (AvgIpc) is 3.04. The Bertz CT molecular complexity index is 1480. The molecule has 47 heavy (non-hydrogen) atoms. The molecule has 0 amide bonds. The molecule has 2 aliphatic rings. The average molecular weight is 670 g/mol. The molecule has 0 unspecified atom stereocenters. The van der Waals surface area contributed by atoms with Gasteiger partial charge in [0, 0.05) is 22.4 Å². The maximum atomic E-state index is 12.7. The number of nitrogen functional groups attached to an aromatic ring is 1. The van der Waals surface area contributed by atoms with Gasteiger partial charge in [-0.05, 0) is 89.2 Å². The molecule has 0 aromatic heterocycles. The van der Waals surface area contributed by atoms with E-state index in [0.29, 0.717) is 23.7 Å². The second-order valence-electron chi connectivity index (χ2n) is 15.5. The molecular formula is C41H55NO3SSi. The number of carboxylic acid groups (broad SMARTS) is 1. The highest BCUT2D eigenvalue weighted by Crippen LogP contribution is 2.53. The molecule has 3 aromatic carbocycles. The summed E-state index contributed by atoms with van der Waals surface area (Å²) >= 11 is 1.88. The van der Waals surface area contributed by atoms with Crippen LogP contribution >= 0.6 is 11.8 Å². The molecule has 0 spiro atoms. The van der Waals surface area contributed by atoms with Crippen molar-refractivity contribution < 1.29 is 14.3 Å². The molecule has 6 heteroatoms. The van der Waals surface area contributed by atoms with Crippen molar-refractivity contribution in [2.75, 3.05) is 11.5 Å². The number of carboxylic acids is 1. The number of thioether (sulfide) groups is 1. The van der Waals surface area contributed by atoms with Gasteiger partial charge in [0.05, 0.1) is 5.92 Å². The number of para-hydroxylation sites is 1. The van der Waals surface area contributed by atoms with Gasteiger partial charge in [-0.1, -0.05) is 126 Å². The number of anilines is 1. The molecule has 7 atom stereocenters. The number of hydrogen-bond acceptors (Lipinski definition) is 4. The molecule has 1 saturated carbocycles. The van der Waals surface area contributed by atoms with Crippen LogP contribution in [0.15, 0.2) is 101 Å². The molecule has 1 fully saturated rings. The number of benzene rings is 3. The molecule has 0 saturated heterocycles. The SMILES string of the molecule is CC1=C[C@@H]2[C@H]([C@H](C)C(=O)O)C[C@@H](O[Si](c3ccccc3)(c3ccccc3)C(C)(C)C)C[C@@H]2[C@H]([C@H](CSc2ccccc2N)C(C)C)C1. The summed E-state index contributed by atoms with van der Waals surface area (Å²) in [5.74, 6) is 1.81. The van der Waals surface area contributed by atoms with E-state index >= 15 is 0 Å². The normalized spacial score (nSPS) is 24.7. The van der Waals surface area contributed by atoms with Crippen LogP contribution < -0.4 is 16.1 Å². The summed E-state index contributed by atoms with van der Waals surface area (Å²) in [7, 11) is -2.82. The van der Waals surface area contributed by atoms with E-state index in [4.69, 9.17) is 10.2 Å². The molecule has 3 aromatic rings. The van der Waals surface area contributed by atoms with Crippen LogP contribution in [0.25, 0.3) is 0 Å². The van der Waals surface area contributed by atoms with Crippen molar-refractivity contribution in [3.63, 3.8) is 0 Å². The lowest BCUT2D eigenvalue weighted by Gasteiger charge is -2.53. The summed E-state index contributed by atoms with van der Waals surface area (Å²) in [6, 6.07) is 29.9.